The average Bonchev–Trinajstić information content (AvgIpc) is 2.16. The van der Waals surface area contributed by atoms with Crippen LogP contribution in [0.2, 0.25) is 0 Å². The molecule has 15 heavy (non-hydrogen) atoms. The van der Waals surface area contributed by atoms with Crippen LogP contribution >= 0.6 is 0 Å². The van der Waals surface area contributed by atoms with Crippen LogP contribution in [0.15, 0.2) is 23.3 Å². The summed E-state index contributed by atoms with van der Waals surface area (Å²) in [5.74, 6) is 0.883. The zero-order chi connectivity index (χ0) is 11.1. The van der Waals surface area contributed by atoms with Crippen LogP contribution in [0.25, 0.3) is 10.4 Å². The van der Waals surface area contributed by atoms with Crippen molar-refractivity contribution < 1.29 is 4.74 Å². The lowest BCUT2D eigenvalue weighted by molar-refractivity contribution is 0.313. The van der Waals surface area contributed by atoms with E-state index in [0.29, 0.717) is 13.2 Å². The van der Waals surface area contributed by atoms with E-state index in [-0.39, 0.29) is 0 Å². The van der Waals surface area contributed by atoms with E-state index in [2.05, 4.69) is 16.1 Å². The lowest BCUT2D eigenvalue weighted by Crippen LogP contribution is -1.99. The highest BCUT2D eigenvalue weighted by atomic mass is 16.5. The van der Waals surface area contributed by atoms with Gasteiger partial charge in [0.15, 0.2) is 0 Å². The third kappa shape index (κ3) is 4.38. The summed E-state index contributed by atoms with van der Waals surface area (Å²) in [6.45, 7) is 5.16. The van der Waals surface area contributed by atoms with Crippen LogP contribution in [0.1, 0.15) is 17.5 Å². The Bertz CT molecular complexity index is 350. The number of ether oxygens (including phenoxy) is 1. The number of rotatable bonds is 5. The van der Waals surface area contributed by atoms with Crippen LogP contribution in [0.5, 0.6) is 5.75 Å². The molecule has 0 spiro atoms. The molecule has 80 valence electrons. The fourth-order valence-electron chi connectivity index (χ4n) is 1.39. The van der Waals surface area contributed by atoms with Gasteiger partial charge in [0.1, 0.15) is 5.75 Å². The highest BCUT2D eigenvalue weighted by molar-refractivity contribution is 5.32. The maximum atomic E-state index is 8.07. The van der Waals surface area contributed by atoms with Gasteiger partial charge < -0.3 is 4.74 Å². The monoisotopic (exact) mass is 205 g/mol. The van der Waals surface area contributed by atoms with Crippen molar-refractivity contribution in [2.75, 3.05) is 13.2 Å². The van der Waals surface area contributed by atoms with Crippen LogP contribution in [-0.4, -0.2) is 13.2 Å². The molecule has 0 radical (unpaired) electrons. The van der Waals surface area contributed by atoms with Crippen molar-refractivity contribution in [1.29, 1.82) is 0 Å². The molecule has 0 amide bonds. The van der Waals surface area contributed by atoms with Gasteiger partial charge >= 0.3 is 0 Å². The molecule has 0 aliphatic rings. The molecular weight excluding hydrogens is 190 g/mol. The SMILES string of the molecule is Cc1cc(C)cc(OCCCN=[N+]=[N-])c1. The number of hydrogen-bond acceptors (Lipinski definition) is 2. The normalized spacial score (nSPS) is 9.47. The van der Waals surface area contributed by atoms with E-state index in [1.165, 1.54) is 11.1 Å². The van der Waals surface area contributed by atoms with Gasteiger partial charge in [-0.2, -0.15) is 0 Å². The predicted octanol–water partition coefficient (Wildman–Crippen LogP) is 3.38. The highest BCUT2D eigenvalue weighted by Crippen LogP contribution is 2.16. The molecule has 0 heterocycles. The van der Waals surface area contributed by atoms with Gasteiger partial charge in [-0.05, 0) is 49.1 Å². The number of azide groups is 1. The maximum Gasteiger partial charge on any atom is 0.119 e. The number of hydrogen-bond donors (Lipinski definition) is 0. The second-order valence-electron chi connectivity index (χ2n) is 3.48. The van der Waals surface area contributed by atoms with E-state index in [1.54, 1.807) is 0 Å². The molecule has 4 nitrogen and oxygen atoms in total. The summed E-state index contributed by atoms with van der Waals surface area (Å²) in [5, 5.41) is 3.44. The van der Waals surface area contributed by atoms with Gasteiger partial charge in [0, 0.05) is 11.5 Å². The Balaban J connectivity index is 2.40. The van der Waals surface area contributed by atoms with Gasteiger partial charge in [0.25, 0.3) is 0 Å². The Morgan fingerprint density at radius 1 is 1.27 bits per heavy atom. The van der Waals surface area contributed by atoms with Gasteiger partial charge in [-0.15, -0.1) is 0 Å². The molecule has 0 fully saturated rings. The minimum absolute atomic E-state index is 0.487. The minimum Gasteiger partial charge on any atom is -0.494 e. The van der Waals surface area contributed by atoms with E-state index in [0.717, 1.165) is 12.2 Å². The van der Waals surface area contributed by atoms with Gasteiger partial charge in [0.2, 0.25) is 0 Å². The quantitative estimate of drug-likeness (QED) is 0.314. The Morgan fingerprint density at radius 2 is 1.93 bits per heavy atom. The Kier molecular flexibility index (Phi) is 4.51. The summed E-state index contributed by atoms with van der Waals surface area (Å²) in [7, 11) is 0. The van der Waals surface area contributed by atoms with Crippen molar-refractivity contribution in [2.24, 2.45) is 5.11 Å². The van der Waals surface area contributed by atoms with Crippen LogP contribution in [0.3, 0.4) is 0 Å². The molecule has 0 N–H and O–H groups in total. The van der Waals surface area contributed by atoms with E-state index in [9.17, 15) is 0 Å². The average molecular weight is 205 g/mol. The molecule has 0 aromatic heterocycles. The summed E-state index contributed by atoms with van der Waals surface area (Å²) in [4.78, 5) is 2.68. The molecule has 0 saturated carbocycles. The van der Waals surface area contributed by atoms with E-state index < -0.39 is 0 Å². The second-order valence-corrected chi connectivity index (χ2v) is 3.48. The molecule has 0 aliphatic heterocycles. The molecular formula is C11H15N3O. The van der Waals surface area contributed by atoms with E-state index >= 15 is 0 Å². The lowest BCUT2D eigenvalue weighted by atomic mass is 10.1. The predicted molar refractivity (Wildman–Crippen MR) is 60.0 cm³/mol. The number of aryl methyl sites for hydroxylation is 2. The van der Waals surface area contributed by atoms with Crippen molar-refractivity contribution in [3.8, 4) is 5.75 Å². The minimum atomic E-state index is 0.487. The molecule has 1 aromatic rings. The van der Waals surface area contributed by atoms with Crippen molar-refractivity contribution >= 4 is 0 Å². The van der Waals surface area contributed by atoms with E-state index in [4.69, 9.17) is 10.3 Å². The van der Waals surface area contributed by atoms with Crippen molar-refractivity contribution in [3.63, 3.8) is 0 Å². The molecule has 0 unspecified atom stereocenters. The fraction of sp³-hybridized carbons (Fsp3) is 0.455. The zero-order valence-corrected chi connectivity index (χ0v) is 9.10. The Morgan fingerprint density at radius 3 is 2.53 bits per heavy atom. The zero-order valence-electron chi connectivity index (χ0n) is 9.10. The van der Waals surface area contributed by atoms with Gasteiger partial charge in [-0.1, -0.05) is 11.2 Å². The largest absolute Gasteiger partial charge is 0.494 e. The molecule has 1 rings (SSSR count). The highest BCUT2D eigenvalue weighted by Gasteiger charge is 1.96. The fourth-order valence-corrected chi connectivity index (χ4v) is 1.39. The van der Waals surface area contributed by atoms with E-state index in [1.807, 2.05) is 26.0 Å². The molecule has 0 bridgehead atoms. The van der Waals surface area contributed by atoms with Crippen molar-refractivity contribution in [1.82, 2.24) is 0 Å². The first-order valence-corrected chi connectivity index (χ1v) is 4.94. The topological polar surface area (TPSA) is 58.0 Å². The first-order chi connectivity index (χ1) is 7.22. The van der Waals surface area contributed by atoms with Crippen LogP contribution in [0, 0.1) is 13.8 Å². The third-order valence-electron chi connectivity index (χ3n) is 1.93. The third-order valence-corrected chi connectivity index (χ3v) is 1.93. The maximum absolute atomic E-state index is 8.07. The summed E-state index contributed by atoms with van der Waals surface area (Å²) in [6.07, 6.45) is 0.747. The van der Waals surface area contributed by atoms with Crippen molar-refractivity contribution in [3.05, 3.63) is 39.8 Å². The second kappa shape index (κ2) is 5.94. The number of benzene rings is 1. The molecule has 0 atom stereocenters. The van der Waals surface area contributed by atoms with Crippen LogP contribution in [-0.2, 0) is 0 Å². The molecule has 0 aliphatic carbocycles. The molecule has 4 heteroatoms. The summed E-state index contributed by atoms with van der Waals surface area (Å²) >= 11 is 0. The summed E-state index contributed by atoms with van der Waals surface area (Å²) in [6, 6.07) is 6.11. The van der Waals surface area contributed by atoms with Crippen LogP contribution < -0.4 is 4.74 Å². The lowest BCUT2D eigenvalue weighted by Gasteiger charge is -2.07. The molecule has 0 saturated heterocycles. The summed E-state index contributed by atoms with van der Waals surface area (Å²) in [5.41, 5.74) is 10.5. The number of nitrogens with zero attached hydrogens (tertiary/aromatic N) is 3. The van der Waals surface area contributed by atoms with Gasteiger partial charge in [0.05, 0.1) is 6.61 Å². The first kappa shape index (κ1) is 11.4. The first-order valence-electron chi connectivity index (χ1n) is 4.94. The van der Waals surface area contributed by atoms with Crippen molar-refractivity contribution in [2.45, 2.75) is 20.3 Å². The van der Waals surface area contributed by atoms with Crippen LogP contribution in [0.4, 0.5) is 0 Å². The molecule has 1 aromatic carbocycles. The van der Waals surface area contributed by atoms with Gasteiger partial charge in [-0.25, -0.2) is 0 Å². The summed E-state index contributed by atoms with van der Waals surface area (Å²) < 4.78 is 5.53. The Hall–Kier alpha value is -1.67. The Labute approximate surface area is 89.5 Å². The smallest absolute Gasteiger partial charge is 0.119 e. The standard InChI is InChI=1S/C11H15N3O/c1-9-6-10(2)8-11(7-9)15-5-3-4-13-14-12/h6-8H,3-5H2,1-2H3. The van der Waals surface area contributed by atoms with Gasteiger partial charge in [-0.3, -0.25) is 0 Å².